The van der Waals surface area contributed by atoms with Crippen molar-refractivity contribution in [1.82, 2.24) is 0 Å². The van der Waals surface area contributed by atoms with Crippen LogP contribution in [-0.2, 0) is 9.53 Å². The number of esters is 1. The van der Waals surface area contributed by atoms with Crippen LogP contribution in [0.3, 0.4) is 0 Å². The lowest BCUT2D eigenvalue weighted by Gasteiger charge is -2.14. The number of amides is 1. The van der Waals surface area contributed by atoms with Gasteiger partial charge in [-0.1, -0.05) is 33.6 Å². The quantitative estimate of drug-likeness (QED) is 0.772. The maximum Gasteiger partial charge on any atom is 0.340 e. The lowest BCUT2D eigenvalue weighted by atomic mass is 10.2. The summed E-state index contributed by atoms with van der Waals surface area (Å²) in [6, 6.07) is 13.2. The number of ether oxygens (including phenoxy) is 1. The number of hydrogen-bond acceptors (Lipinski definition) is 4. The Kier molecular flexibility index (Phi) is 5.96. The van der Waals surface area contributed by atoms with Gasteiger partial charge in [0.15, 0.2) is 6.10 Å². The second kappa shape index (κ2) is 7.95. The highest BCUT2D eigenvalue weighted by Gasteiger charge is 2.21. The molecule has 24 heavy (non-hydrogen) atoms. The molecule has 0 aromatic heterocycles. The maximum absolute atomic E-state index is 12.1. The summed E-state index contributed by atoms with van der Waals surface area (Å²) < 4.78 is 5.81. The molecule has 0 saturated heterocycles. The Morgan fingerprint density at radius 1 is 1.29 bits per heavy atom. The van der Waals surface area contributed by atoms with Crippen molar-refractivity contribution in [1.29, 1.82) is 5.26 Å². The predicted octanol–water partition coefficient (Wildman–Crippen LogP) is 4.16. The molecule has 1 N–H and O–H groups in total. The molecule has 0 aliphatic rings. The Morgan fingerprint density at radius 3 is 2.75 bits per heavy atom. The van der Waals surface area contributed by atoms with Crippen LogP contribution in [0.15, 0.2) is 46.9 Å². The molecule has 2 aromatic carbocycles. The summed E-state index contributed by atoms with van der Waals surface area (Å²) in [5.41, 5.74) is 1.03. The van der Waals surface area contributed by atoms with E-state index < -0.39 is 18.0 Å². The zero-order valence-corrected chi connectivity index (χ0v) is 14.9. The zero-order valence-electron chi connectivity index (χ0n) is 12.5. The van der Waals surface area contributed by atoms with Crippen molar-refractivity contribution in [3.05, 3.63) is 63.1 Å². The van der Waals surface area contributed by atoms with Gasteiger partial charge in [-0.15, -0.1) is 0 Å². The topological polar surface area (TPSA) is 79.2 Å². The van der Waals surface area contributed by atoms with Gasteiger partial charge in [-0.05, 0) is 43.3 Å². The van der Waals surface area contributed by atoms with E-state index >= 15 is 0 Å². The van der Waals surface area contributed by atoms with Crippen molar-refractivity contribution in [3.63, 3.8) is 0 Å². The summed E-state index contributed by atoms with van der Waals surface area (Å²) in [4.78, 5) is 24.3. The van der Waals surface area contributed by atoms with Gasteiger partial charge in [-0.25, -0.2) is 4.79 Å². The van der Waals surface area contributed by atoms with E-state index in [1.54, 1.807) is 30.3 Å². The summed E-state index contributed by atoms with van der Waals surface area (Å²) in [6.45, 7) is 1.45. The van der Waals surface area contributed by atoms with Crippen LogP contribution in [-0.4, -0.2) is 18.0 Å². The SMILES string of the molecule is C[C@H](OC(=O)c1cc(Br)ccc1Cl)C(=O)Nc1cccc(C#N)c1. The Morgan fingerprint density at radius 2 is 2.04 bits per heavy atom. The molecule has 7 heteroatoms. The van der Waals surface area contributed by atoms with E-state index in [0.29, 0.717) is 15.7 Å². The van der Waals surface area contributed by atoms with Crippen LogP contribution in [0.1, 0.15) is 22.8 Å². The molecule has 2 aromatic rings. The molecule has 0 spiro atoms. The van der Waals surface area contributed by atoms with Crippen molar-refractivity contribution < 1.29 is 14.3 Å². The molecule has 0 aliphatic heterocycles. The van der Waals surface area contributed by atoms with E-state index in [-0.39, 0.29) is 10.6 Å². The molecule has 1 amide bonds. The number of halogens is 2. The number of hydrogen-bond donors (Lipinski definition) is 1. The van der Waals surface area contributed by atoms with Gasteiger partial charge in [0.2, 0.25) is 0 Å². The Bertz CT molecular complexity index is 833. The van der Waals surface area contributed by atoms with Crippen LogP contribution in [0, 0.1) is 11.3 Å². The first-order valence-corrected chi connectivity index (χ1v) is 8.05. The van der Waals surface area contributed by atoms with Crippen LogP contribution in [0.25, 0.3) is 0 Å². The normalized spacial score (nSPS) is 11.2. The van der Waals surface area contributed by atoms with Crippen molar-refractivity contribution in [2.75, 3.05) is 5.32 Å². The van der Waals surface area contributed by atoms with Gasteiger partial charge in [0.25, 0.3) is 5.91 Å². The Hall–Kier alpha value is -2.36. The average Bonchev–Trinajstić information content (AvgIpc) is 2.57. The van der Waals surface area contributed by atoms with Gasteiger partial charge < -0.3 is 10.1 Å². The highest BCUT2D eigenvalue weighted by molar-refractivity contribution is 9.10. The molecule has 0 radical (unpaired) electrons. The molecular formula is C17H12BrClN2O3. The largest absolute Gasteiger partial charge is 0.449 e. The van der Waals surface area contributed by atoms with Crippen LogP contribution in [0.2, 0.25) is 5.02 Å². The molecule has 1 atom stereocenters. The summed E-state index contributed by atoms with van der Waals surface area (Å²) in [5, 5.41) is 11.7. The molecule has 2 rings (SSSR count). The first-order valence-electron chi connectivity index (χ1n) is 6.88. The second-order valence-corrected chi connectivity index (χ2v) is 6.18. The number of benzene rings is 2. The number of carbonyl (C=O) groups excluding carboxylic acids is 2. The third kappa shape index (κ3) is 4.57. The van der Waals surface area contributed by atoms with E-state index in [1.807, 2.05) is 6.07 Å². The molecule has 122 valence electrons. The third-order valence-corrected chi connectivity index (χ3v) is 3.88. The first kappa shape index (κ1) is 18.0. The summed E-state index contributed by atoms with van der Waals surface area (Å²) >= 11 is 9.21. The van der Waals surface area contributed by atoms with Gasteiger partial charge in [-0.2, -0.15) is 5.26 Å². The van der Waals surface area contributed by atoms with Crippen LogP contribution in [0.4, 0.5) is 5.69 Å². The summed E-state index contributed by atoms with van der Waals surface area (Å²) in [6.07, 6.45) is -1.03. The van der Waals surface area contributed by atoms with Crippen molar-refractivity contribution in [3.8, 4) is 6.07 Å². The maximum atomic E-state index is 12.1. The first-order chi connectivity index (χ1) is 11.4. The van der Waals surface area contributed by atoms with Crippen molar-refractivity contribution in [2.45, 2.75) is 13.0 Å². The van der Waals surface area contributed by atoms with E-state index in [4.69, 9.17) is 21.6 Å². The summed E-state index contributed by atoms with van der Waals surface area (Å²) in [5.74, 6) is -1.21. The lowest BCUT2D eigenvalue weighted by Crippen LogP contribution is -2.30. The van der Waals surface area contributed by atoms with Crippen LogP contribution in [0.5, 0.6) is 0 Å². The zero-order chi connectivity index (χ0) is 17.7. The summed E-state index contributed by atoms with van der Waals surface area (Å²) in [7, 11) is 0. The van der Waals surface area contributed by atoms with Crippen molar-refractivity contribution in [2.24, 2.45) is 0 Å². The second-order valence-electron chi connectivity index (χ2n) is 4.85. The molecule has 5 nitrogen and oxygen atoms in total. The molecule has 0 saturated carbocycles. The van der Waals surface area contributed by atoms with Crippen molar-refractivity contribution >= 4 is 45.1 Å². The highest BCUT2D eigenvalue weighted by Crippen LogP contribution is 2.22. The van der Waals surface area contributed by atoms with E-state index in [9.17, 15) is 9.59 Å². The monoisotopic (exact) mass is 406 g/mol. The standard InChI is InChI=1S/C17H12BrClN2O3/c1-10(16(22)21-13-4-2-3-11(7-13)9-20)24-17(23)14-8-12(18)5-6-15(14)19/h2-8,10H,1H3,(H,21,22)/t10-/m0/s1. The minimum Gasteiger partial charge on any atom is -0.449 e. The fourth-order valence-electron chi connectivity index (χ4n) is 1.84. The van der Waals surface area contributed by atoms with Gasteiger partial charge in [0, 0.05) is 10.2 Å². The number of nitrogens with one attached hydrogen (secondary N) is 1. The smallest absolute Gasteiger partial charge is 0.340 e. The molecule has 0 bridgehead atoms. The molecule has 0 fully saturated rings. The number of nitriles is 1. The van der Waals surface area contributed by atoms with E-state index in [1.165, 1.54) is 19.1 Å². The predicted molar refractivity (Wildman–Crippen MR) is 93.8 cm³/mol. The van der Waals surface area contributed by atoms with Gasteiger partial charge in [0.05, 0.1) is 22.2 Å². The van der Waals surface area contributed by atoms with E-state index in [0.717, 1.165) is 0 Å². The fraction of sp³-hybridized carbons (Fsp3) is 0.118. The number of nitrogens with zero attached hydrogens (tertiary/aromatic N) is 1. The van der Waals surface area contributed by atoms with E-state index in [2.05, 4.69) is 21.2 Å². The minimum absolute atomic E-state index is 0.164. The molecule has 0 aliphatic carbocycles. The van der Waals surface area contributed by atoms with Crippen LogP contribution < -0.4 is 5.32 Å². The van der Waals surface area contributed by atoms with Gasteiger partial charge in [0.1, 0.15) is 0 Å². The van der Waals surface area contributed by atoms with Gasteiger partial charge in [-0.3, -0.25) is 4.79 Å². The third-order valence-electron chi connectivity index (χ3n) is 3.06. The minimum atomic E-state index is -1.03. The Balaban J connectivity index is 2.04. The number of anilines is 1. The molecule has 0 unspecified atom stereocenters. The Labute approximate surface area is 152 Å². The molecular weight excluding hydrogens is 396 g/mol. The fourth-order valence-corrected chi connectivity index (χ4v) is 2.40. The van der Waals surface area contributed by atoms with Crippen LogP contribution >= 0.6 is 27.5 Å². The highest BCUT2D eigenvalue weighted by atomic mass is 79.9. The molecule has 0 heterocycles. The lowest BCUT2D eigenvalue weighted by molar-refractivity contribution is -0.123. The number of rotatable bonds is 4. The van der Waals surface area contributed by atoms with Gasteiger partial charge >= 0.3 is 5.97 Å². The number of carbonyl (C=O) groups is 2. The average molecular weight is 408 g/mol.